The number of amides is 3. The first-order valence-corrected chi connectivity index (χ1v) is 8.50. The van der Waals surface area contributed by atoms with Crippen molar-refractivity contribution in [2.45, 2.75) is 39.2 Å². The number of carbonyl (C=O) groups is 2. The van der Waals surface area contributed by atoms with Crippen molar-refractivity contribution in [1.82, 2.24) is 15.5 Å². The summed E-state index contributed by atoms with van der Waals surface area (Å²) in [6.07, 6.45) is 2.11. The summed E-state index contributed by atoms with van der Waals surface area (Å²) in [7, 11) is 0. The molecule has 2 aromatic rings. The average molecular weight is 341 g/mol. The van der Waals surface area contributed by atoms with E-state index in [1.165, 1.54) is 0 Å². The second-order valence-corrected chi connectivity index (χ2v) is 6.45. The number of rotatable bonds is 5. The van der Waals surface area contributed by atoms with Gasteiger partial charge in [-0.15, -0.1) is 0 Å². The Kier molecular flexibility index (Phi) is 5.02. The number of hydrogen-bond donors (Lipinski definition) is 3. The van der Waals surface area contributed by atoms with Gasteiger partial charge in [0.15, 0.2) is 0 Å². The number of benzene rings is 1. The zero-order chi connectivity index (χ0) is 17.8. The lowest BCUT2D eigenvalue weighted by atomic mass is 10.2. The van der Waals surface area contributed by atoms with Gasteiger partial charge in [0.05, 0.1) is 5.69 Å². The highest BCUT2D eigenvalue weighted by Crippen LogP contribution is 2.24. The van der Waals surface area contributed by atoms with Gasteiger partial charge in [-0.2, -0.15) is 5.10 Å². The van der Waals surface area contributed by atoms with Gasteiger partial charge in [-0.1, -0.05) is 6.07 Å². The van der Waals surface area contributed by atoms with Crippen LogP contribution in [-0.2, 0) is 11.2 Å². The lowest BCUT2D eigenvalue weighted by molar-refractivity contribution is -0.117. The lowest BCUT2D eigenvalue weighted by Crippen LogP contribution is -2.37. The van der Waals surface area contributed by atoms with Crippen molar-refractivity contribution >= 4 is 23.3 Å². The van der Waals surface area contributed by atoms with Crippen LogP contribution in [0.15, 0.2) is 30.3 Å². The minimum absolute atomic E-state index is 0.0500. The van der Waals surface area contributed by atoms with Gasteiger partial charge in [-0.25, -0.2) is 4.79 Å². The molecule has 1 aliphatic heterocycles. The highest BCUT2D eigenvalue weighted by Gasteiger charge is 2.21. The van der Waals surface area contributed by atoms with Crippen molar-refractivity contribution in [3.05, 3.63) is 41.7 Å². The number of anilines is 2. The fraction of sp³-hybridized carbons (Fsp3) is 0.389. The Morgan fingerprint density at radius 3 is 2.92 bits per heavy atom. The number of hydrogen-bond acceptors (Lipinski definition) is 3. The van der Waals surface area contributed by atoms with Crippen LogP contribution >= 0.6 is 0 Å². The van der Waals surface area contributed by atoms with Crippen LogP contribution in [0.4, 0.5) is 16.2 Å². The second kappa shape index (κ2) is 7.38. The fourth-order valence-electron chi connectivity index (χ4n) is 3.01. The van der Waals surface area contributed by atoms with Crippen LogP contribution in [0.2, 0.25) is 0 Å². The van der Waals surface area contributed by atoms with Gasteiger partial charge in [0.1, 0.15) is 0 Å². The van der Waals surface area contributed by atoms with E-state index in [-0.39, 0.29) is 18.0 Å². The predicted octanol–water partition coefficient (Wildman–Crippen LogP) is 2.60. The van der Waals surface area contributed by atoms with E-state index in [2.05, 4.69) is 20.8 Å². The first-order chi connectivity index (χ1) is 12.0. The van der Waals surface area contributed by atoms with E-state index in [1.807, 2.05) is 44.2 Å². The number of aromatic amines is 1. The van der Waals surface area contributed by atoms with Crippen LogP contribution in [0.25, 0.3) is 0 Å². The lowest BCUT2D eigenvalue weighted by Gasteiger charge is -2.17. The minimum atomic E-state index is -0.273. The third kappa shape index (κ3) is 4.37. The van der Waals surface area contributed by atoms with Gasteiger partial charge >= 0.3 is 6.03 Å². The zero-order valence-electron chi connectivity index (χ0n) is 14.5. The number of nitrogens with one attached hydrogen (secondary N) is 3. The highest BCUT2D eigenvalue weighted by molar-refractivity contribution is 5.96. The third-order valence-electron chi connectivity index (χ3n) is 4.14. The smallest absolute Gasteiger partial charge is 0.319 e. The molecule has 2 heterocycles. The van der Waals surface area contributed by atoms with Gasteiger partial charge in [0.2, 0.25) is 5.91 Å². The molecular weight excluding hydrogens is 318 g/mol. The van der Waals surface area contributed by atoms with Gasteiger partial charge in [-0.05, 0) is 44.5 Å². The van der Waals surface area contributed by atoms with Crippen molar-refractivity contribution in [2.24, 2.45) is 0 Å². The summed E-state index contributed by atoms with van der Waals surface area (Å²) in [5.41, 5.74) is 3.40. The summed E-state index contributed by atoms with van der Waals surface area (Å²) >= 11 is 0. The highest BCUT2D eigenvalue weighted by atomic mass is 16.2. The number of aryl methyl sites for hydroxylation is 1. The van der Waals surface area contributed by atoms with Gasteiger partial charge < -0.3 is 15.5 Å². The molecule has 1 fully saturated rings. The maximum atomic E-state index is 12.2. The van der Waals surface area contributed by atoms with Gasteiger partial charge in [-0.3, -0.25) is 9.89 Å². The molecule has 0 aliphatic carbocycles. The Hall–Kier alpha value is -2.83. The fourth-order valence-corrected chi connectivity index (χ4v) is 3.01. The number of H-pyrrole nitrogens is 1. The molecule has 7 heteroatoms. The molecule has 1 aromatic heterocycles. The van der Waals surface area contributed by atoms with Crippen molar-refractivity contribution < 1.29 is 9.59 Å². The Balaban J connectivity index is 1.56. The number of nitrogens with zero attached hydrogens (tertiary/aromatic N) is 2. The standard InChI is InChI=1S/C18H23N5O2/c1-12(9-15-10-13(2)21-22-15)19-18(25)20-14-5-3-6-16(11-14)23-8-4-7-17(23)24/h3,5-6,10-12H,4,7-9H2,1-2H3,(H,21,22)(H2,19,20,25). The number of urea groups is 1. The first-order valence-electron chi connectivity index (χ1n) is 8.50. The molecule has 0 bridgehead atoms. The molecule has 1 unspecified atom stereocenters. The largest absolute Gasteiger partial charge is 0.335 e. The number of carbonyl (C=O) groups excluding carboxylic acids is 2. The predicted molar refractivity (Wildman–Crippen MR) is 96.7 cm³/mol. The summed E-state index contributed by atoms with van der Waals surface area (Å²) in [4.78, 5) is 25.8. The van der Waals surface area contributed by atoms with Crippen LogP contribution in [-0.4, -0.2) is 34.7 Å². The molecule has 1 aliphatic rings. The second-order valence-electron chi connectivity index (χ2n) is 6.45. The van der Waals surface area contributed by atoms with Crippen molar-refractivity contribution in [3.63, 3.8) is 0 Å². The van der Waals surface area contributed by atoms with E-state index >= 15 is 0 Å². The monoisotopic (exact) mass is 341 g/mol. The van der Waals surface area contributed by atoms with E-state index in [0.717, 1.165) is 30.0 Å². The molecule has 7 nitrogen and oxygen atoms in total. The van der Waals surface area contributed by atoms with E-state index in [0.29, 0.717) is 18.5 Å². The third-order valence-corrected chi connectivity index (χ3v) is 4.14. The van der Waals surface area contributed by atoms with Gasteiger partial charge in [0.25, 0.3) is 0 Å². The van der Waals surface area contributed by atoms with Crippen molar-refractivity contribution in [1.29, 1.82) is 0 Å². The Morgan fingerprint density at radius 1 is 1.40 bits per heavy atom. The van der Waals surface area contributed by atoms with Crippen LogP contribution < -0.4 is 15.5 Å². The Labute approximate surface area is 146 Å². The quantitative estimate of drug-likeness (QED) is 0.781. The molecule has 3 rings (SSSR count). The summed E-state index contributed by atoms with van der Waals surface area (Å²) in [6.45, 7) is 4.61. The summed E-state index contributed by atoms with van der Waals surface area (Å²) in [5.74, 6) is 0.129. The van der Waals surface area contributed by atoms with Crippen LogP contribution in [0.3, 0.4) is 0 Å². The SMILES string of the molecule is Cc1cc(CC(C)NC(=O)Nc2cccc(N3CCCC3=O)c2)n[nH]1. The first kappa shape index (κ1) is 17.0. The number of aromatic nitrogens is 2. The van der Waals surface area contributed by atoms with E-state index in [4.69, 9.17) is 0 Å². The normalized spacial score (nSPS) is 15.3. The molecule has 1 aromatic carbocycles. The summed E-state index contributed by atoms with van der Waals surface area (Å²) in [5, 5.41) is 12.8. The molecule has 25 heavy (non-hydrogen) atoms. The van der Waals surface area contributed by atoms with Crippen molar-refractivity contribution in [2.75, 3.05) is 16.8 Å². The molecule has 3 amide bonds. The van der Waals surface area contributed by atoms with Crippen LogP contribution in [0.1, 0.15) is 31.2 Å². The molecule has 0 saturated carbocycles. The molecule has 1 atom stereocenters. The molecular formula is C18H23N5O2. The van der Waals surface area contributed by atoms with Gasteiger partial charge in [0, 0.05) is 42.5 Å². The maximum absolute atomic E-state index is 12.2. The summed E-state index contributed by atoms with van der Waals surface area (Å²) < 4.78 is 0. The molecule has 1 saturated heterocycles. The minimum Gasteiger partial charge on any atom is -0.335 e. The molecule has 132 valence electrons. The van der Waals surface area contributed by atoms with Crippen molar-refractivity contribution in [3.8, 4) is 0 Å². The average Bonchev–Trinajstić information content (AvgIpc) is 3.15. The Morgan fingerprint density at radius 2 is 2.24 bits per heavy atom. The van der Waals surface area contributed by atoms with Crippen LogP contribution in [0, 0.1) is 6.92 Å². The van der Waals surface area contributed by atoms with E-state index < -0.39 is 0 Å². The maximum Gasteiger partial charge on any atom is 0.319 e. The van der Waals surface area contributed by atoms with E-state index in [1.54, 1.807) is 4.90 Å². The Bertz CT molecular complexity index is 770. The summed E-state index contributed by atoms with van der Waals surface area (Å²) in [6, 6.07) is 9.00. The topological polar surface area (TPSA) is 90.1 Å². The molecule has 3 N–H and O–H groups in total. The molecule has 0 spiro atoms. The van der Waals surface area contributed by atoms with Crippen LogP contribution in [0.5, 0.6) is 0 Å². The zero-order valence-corrected chi connectivity index (χ0v) is 14.5. The molecule has 0 radical (unpaired) electrons. The van der Waals surface area contributed by atoms with E-state index in [9.17, 15) is 9.59 Å².